The summed E-state index contributed by atoms with van der Waals surface area (Å²) in [5, 5.41) is 16.2. The Morgan fingerprint density at radius 1 is 0.898 bits per heavy atom. The van der Waals surface area contributed by atoms with Crippen LogP contribution in [0.4, 0.5) is 22.9 Å². The topological polar surface area (TPSA) is 146 Å². The lowest BCUT2D eigenvalue weighted by molar-refractivity contribution is -0.384. The number of benzene rings is 5. The number of thioether (sulfide) groups is 1. The molecule has 0 amide bonds. The summed E-state index contributed by atoms with van der Waals surface area (Å²) >= 11 is 1.66. The maximum absolute atomic E-state index is 13.8. The number of nitrogens with one attached hydrogen (secondary N) is 2. The lowest BCUT2D eigenvalue weighted by Crippen LogP contribution is -2.46. The van der Waals surface area contributed by atoms with Crippen molar-refractivity contribution in [1.29, 1.82) is 0 Å². The molecule has 7 rings (SSSR count). The highest BCUT2D eigenvalue weighted by atomic mass is 32.2. The predicted molar refractivity (Wildman–Crippen MR) is 237 cm³/mol. The van der Waals surface area contributed by atoms with Gasteiger partial charge in [-0.05, 0) is 98.3 Å². The number of hydrogen-bond donors (Lipinski definition) is 2. The van der Waals surface area contributed by atoms with E-state index in [2.05, 4.69) is 71.1 Å². The number of hydrogen-bond acceptors (Lipinski definition) is 12. The molecule has 1 aromatic heterocycles. The van der Waals surface area contributed by atoms with Gasteiger partial charge in [0.25, 0.3) is 15.7 Å². The Kier molecular flexibility index (Phi) is 13.3. The first-order valence-electron chi connectivity index (χ1n) is 19.4. The van der Waals surface area contributed by atoms with Gasteiger partial charge < -0.3 is 19.9 Å². The van der Waals surface area contributed by atoms with Crippen LogP contribution in [0.2, 0.25) is 0 Å². The average Bonchev–Trinajstić information content (AvgIpc) is 3.25. The number of sulfonamides is 1. The Balaban J connectivity index is 1.02. The first-order chi connectivity index (χ1) is 28.6. The summed E-state index contributed by atoms with van der Waals surface area (Å²) in [6.45, 7) is 4.96. The molecule has 2 N–H and O–H groups in total. The monoisotopic (exact) mass is 832 g/mol. The maximum Gasteiger partial charge on any atom is 0.293 e. The molecular formula is C44H48N8O5S2. The lowest BCUT2D eigenvalue weighted by atomic mass is 9.99. The zero-order valence-corrected chi connectivity index (χ0v) is 35.0. The smallest absolute Gasteiger partial charge is 0.293 e. The Labute approximate surface area is 349 Å². The van der Waals surface area contributed by atoms with Gasteiger partial charge in [0, 0.05) is 66.6 Å². The van der Waals surface area contributed by atoms with Crippen molar-refractivity contribution in [2.45, 2.75) is 28.8 Å². The second kappa shape index (κ2) is 18.9. The number of methoxy groups -OCH3 is 1. The van der Waals surface area contributed by atoms with Gasteiger partial charge >= 0.3 is 0 Å². The van der Waals surface area contributed by atoms with Crippen molar-refractivity contribution >= 4 is 55.6 Å². The van der Waals surface area contributed by atoms with Crippen LogP contribution in [0.5, 0.6) is 5.75 Å². The number of nitrogens with zero attached hydrogens (tertiary/aromatic N) is 6. The zero-order chi connectivity index (χ0) is 41.4. The molecule has 6 aromatic rings. The number of piperazine rings is 1. The van der Waals surface area contributed by atoms with E-state index in [9.17, 15) is 18.5 Å². The molecule has 15 heteroatoms. The number of fused-ring (bicyclic) bond motifs is 1. The molecule has 1 unspecified atom stereocenters. The van der Waals surface area contributed by atoms with E-state index in [1.807, 2.05) is 74.8 Å². The van der Waals surface area contributed by atoms with E-state index in [1.54, 1.807) is 18.9 Å². The van der Waals surface area contributed by atoms with Crippen molar-refractivity contribution in [2.24, 2.45) is 0 Å². The van der Waals surface area contributed by atoms with Gasteiger partial charge in [-0.15, -0.1) is 11.8 Å². The number of rotatable bonds is 17. The number of nitro benzene ring substituents is 1. The van der Waals surface area contributed by atoms with Gasteiger partial charge in [0.05, 0.1) is 22.4 Å². The molecule has 1 saturated heterocycles. The van der Waals surface area contributed by atoms with Crippen LogP contribution in [0.25, 0.3) is 22.0 Å². The molecule has 1 aliphatic heterocycles. The van der Waals surface area contributed by atoms with Crippen LogP contribution in [0.15, 0.2) is 131 Å². The summed E-state index contributed by atoms with van der Waals surface area (Å²) in [6.07, 6.45) is 2.05. The van der Waals surface area contributed by atoms with Gasteiger partial charge in [0.15, 0.2) is 5.82 Å². The van der Waals surface area contributed by atoms with Crippen molar-refractivity contribution in [3.63, 3.8) is 0 Å². The third kappa shape index (κ3) is 10.5. The lowest BCUT2D eigenvalue weighted by Gasteiger charge is -2.36. The van der Waals surface area contributed by atoms with Crippen LogP contribution in [-0.2, 0) is 16.6 Å². The van der Waals surface area contributed by atoms with Gasteiger partial charge in [0.1, 0.15) is 17.8 Å². The van der Waals surface area contributed by atoms with Crippen molar-refractivity contribution < 1.29 is 18.1 Å². The Hall–Kier alpha value is -5.74. The zero-order valence-electron chi connectivity index (χ0n) is 33.3. The predicted octanol–water partition coefficient (Wildman–Crippen LogP) is 7.86. The number of nitro groups is 1. The fourth-order valence-corrected chi connectivity index (χ4v) is 9.16. The van der Waals surface area contributed by atoms with Gasteiger partial charge in [-0.3, -0.25) is 19.7 Å². The third-order valence-electron chi connectivity index (χ3n) is 10.4. The molecule has 13 nitrogen and oxygen atoms in total. The standard InChI is InChI=1S/C44H48N8O5S2/c1-49(2)22-21-34(30-58-37-10-5-4-6-11-37)47-41-20-18-38(28-43(41)52(53)54)59(55,56)48-44-40-19-15-35(27-42(40)45-31-46-44)51-25-23-50(24-26-51)29-33-9-7-8-12-39(33)32-13-16-36(57-3)17-14-32/h4-20,27-28,31,34,47H,21-26,29-30H2,1-3H3,(H,45,46,48). The molecule has 0 bridgehead atoms. The van der Waals surface area contributed by atoms with Crippen molar-refractivity contribution in [3.8, 4) is 16.9 Å². The quantitative estimate of drug-likeness (QED) is 0.0524. The molecule has 0 spiro atoms. The highest BCUT2D eigenvalue weighted by molar-refractivity contribution is 7.99. The number of ether oxygens (including phenoxy) is 1. The molecule has 0 saturated carbocycles. The van der Waals surface area contributed by atoms with E-state index in [0.717, 1.165) is 73.7 Å². The molecule has 1 aliphatic rings. The van der Waals surface area contributed by atoms with E-state index in [-0.39, 0.29) is 28.1 Å². The fourth-order valence-electron chi connectivity index (χ4n) is 7.12. The second-order valence-corrected chi connectivity index (χ2v) is 17.4. The van der Waals surface area contributed by atoms with Crippen LogP contribution in [0, 0.1) is 10.1 Å². The van der Waals surface area contributed by atoms with Gasteiger partial charge in [-0.1, -0.05) is 54.6 Å². The van der Waals surface area contributed by atoms with E-state index >= 15 is 0 Å². The van der Waals surface area contributed by atoms with E-state index in [0.29, 0.717) is 16.7 Å². The molecular weight excluding hydrogens is 785 g/mol. The SMILES string of the molecule is COc1ccc(-c2ccccc2CN2CCN(c3ccc4c(NS(=O)(=O)c5ccc(NC(CCN(C)C)CSc6ccccc6)c([N+](=O)[O-])c5)ncnc4c3)CC2)cc1. The molecule has 306 valence electrons. The largest absolute Gasteiger partial charge is 0.497 e. The fraction of sp³-hybridized carbons (Fsp3) is 0.273. The summed E-state index contributed by atoms with van der Waals surface area (Å²) in [5.41, 5.74) is 5.11. The number of aromatic nitrogens is 2. The van der Waals surface area contributed by atoms with Crippen LogP contribution < -0.4 is 19.7 Å². The minimum absolute atomic E-state index is 0.0911. The molecule has 5 aromatic carbocycles. The van der Waals surface area contributed by atoms with Gasteiger partial charge in [0.2, 0.25) is 0 Å². The average molecular weight is 833 g/mol. The summed E-state index contributed by atoms with van der Waals surface area (Å²) in [4.78, 5) is 28.1. The molecule has 1 atom stereocenters. The summed E-state index contributed by atoms with van der Waals surface area (Å²) in [6, 6.07) is 36.1. The molecule has 0 radical (unpaired) electrons. The highest BCUT2D eigenvalue weighted by Crippen LogP contribution is 2.33. The maximum atomic E-state index is 13.8. The van der Waals surface area contributed by atoms with Crippen LogP contribution in [-0.4, -0.2) is 98.8 Å². The van der Waals surface area contributed by atoms with Crippen LogP contribution in [0.1, 0.15) is 12.0 Å². The summed E-state index contributed by atoms with van der Waals surface area (Å²) in [5.74, 6) is 1.58. The first-order valence-corrected chi connectivity index (χ1v) is 21.9. The highest BCUT2D eigenvalue weighted by Gasteiger charge is 2.25. The van der Waals surface area contributed by atoms with Crippen LogP contribution >= 0.6 is 11.8 Å². The second-order valence-electron chi connectivity index (χ2n) is 14.7. The van der Waals surface area contributed by atoms with E-state index in [4.69, 9.17) is 4.74 Å². The van der Waals surface area contributed by atoms with Crippen molar-refractivity contribution in [3.05, 3.63) is 137 Å². The van der Waals surface area contributed by atoms with Gasteiger partial charge in [-0.2, -0.15) is 0 Å². The van der Waals surface area contributed by atoms with Crippen molar-refractivity contribution in [1.82, 2.24) is 19.8 Å². The summed E-state index contributed by atoms with van der Waals surface area (Å²) in [7, 11) is 1.36. The van der Waals surface area contributed by atoms with Crippen molar-refractivity contribution in [2.75, 3.05) is 74.6 Å². The molecule has 0 aliphatic carbocycles. The third-order valence-corrected chi connectivity index (χ3v) is 12.9. The number of anilines is 3. The normalized spacial score (nSPS) is 14.0. The Bertz CT molecular complexity index is 2480. The van der Waals surface area contributed by atoms with Crippen LogP contribution in [0.3, 0.4) is 0 Å². The van der Waals surface area contributed by atoms with E-state index < -0.39 is 14.9 Å². The van der Waals surface area contributed by atoms with Gasteiger partial charge in [-0.25, -0.2) is 18.4 Å². The Morgan fingerprint density at radius 3 is 2.37 bits per heavy atom. The first kappa shape index (κ1) is 41.4. The molecule has 2 heterocycles. The molecule has 1 fully saturated rings. The minimum Gasteiger partial charge on any atom is -0.497 e. The summed E-state index contributed by atoms with van der Waals surface area (Å²) < 4.78 is 35.4. The Morgan fingerprint density at radius 2 is 1.64 bits per heavy atom. The minimum atomic E-state index is -4.27. The molecule has 59 heavy (non-hydrogen) atoms. The van der Waals surface area contributed by atoms with E-state index in [1.165, 1.54) is 29.6 Å².